The van der Waals surface area contributed by atoms with Crippen molar-refractivity contribution in [2.75, 3.05) is 5.32 Å². The van der Waals surface area contributed by atoms with Crippen molar-refractivity contribution in [2.24, 2.45) is 5.92 Å². The maximum absolute atomic E-state index is 6.14. The van der Waals surface area contributed by atoms with Crippen LogP contribution in [0.15, 0.2) is 24.5 Å². The van der Waals surface area contributed by atoms with E-state index in [2.05, 4.69) is 29.1 Å². The zero-order valence-electron chi connectivity index (χ0n) is 13.2. The van der Waals surface area contributed by atoms with Gasteiger partial charge in [0, 0.05) is 15.6 Å². The van der Waals surface area contributed by atoms with E-state index in [4.69, 9.17) is 11.6 Å². The molecule has 0 radical (unpaired) electrons. The largest absolute Gasteiger partial charge is 0.339 e. The third-order valence-corrected chi connectivity index (χ3v) is 5.94. The zero-order chi connectivity index (χ0) is 16.0. The topological polar surface area (TPSA) is 37.8 Å². The molecule has 118 valence electrons. The van der Waals surface area contributed by atoms with Gasteiger partial charge in [-0.25, -0.2) is 9.97 Å². The standard InChI is InChI=1S/C18H18ClN3S/c1-10-3-6-13-15(7-10)23-18-16(13)17(20-9-21-18)22-14-8-12(19)5-4-11(14)2/h4-5,8-10H,3,6-7H2,1-2H3,(H,20,21,22). The predicted octanol–water partition coefficient (Wildman–Crippen LogP) is 5.52. The van der Waals surface area contributed by atoms with Crippen LogP contribution >= 0.6 is 22.9 Å². The maximum atomic E-state index is 6.14. The van der Waals surface area contributed by atoms with E-state index < -0.39 is 0 Å². The Morgan fingerprint density at radius 1 is 1.30 bits per heavy atom. The molecule has 1 aliphatic rings. The highest BCUT2D eigenvalue weighted by Gasteiger charge is 2.23. The Hall–Kier alpha value is -1.65. The quantitative estimate of drug-likeness (QED) is 0.665. The molecule has 2 aromatic heterocycles. The molecule has 1 aliphatic carbocycles. The lowest BCUT2D eigenvalue weighted by Crippen LogP contribution is -2.09. The van der Waals surface area contributed by atoms with Gasteiger partial charge in [0.05, 0.1) is 5.39 Å². The summed E-state index contributed by atoms with van der Waals surface area (Å²) in [6.45, 7) is 4.40. The first-order valence-electron chi connectivity index (χ1n) is 7.90. The van der Waals surface area contributed by atoms with Crippen LogP contribution < -0.4 is 5.32 Å². The van der Waals surface area contributed by atoms with E-state index in [0.29, 0.717) is 0 Å². The summed E-state index contributed by atoms with van der Waals surface area (Å²) in [5.74, 6) is 1.66. The Labute approximate surface area is 144 Å². The fourth-order valence-corrected chi connectivity index (χ4v) is 4.75. The van der Waals surface area contributed by atoms with Gasteiger partial charge in [-0.1, -0.05) is 24.6 Å². The van der Waals surface area contributed by atoms with Gasteiger partial charge >= 0.3 is 0 Å². The van der Waals surface area contributed by atoms with Crippen LogP contribution in [0.1, 0.15) is 29.3 Å². The highest BCUT2D eigenvalue weighted by Crippen LogP contribution is 2.40. The molecule has 0 aliphatic heterocycles. The zero-order valence-corrected chi connectivity index (χ0v) is 14.8. The molecule has 0 spiro atoms. The normalized spacial score (nSPS) is 17.3. The SMILES string of the molecule is Cc1ccc(Cl)cc1Nc1ncnc2sc3c(c12)CCC(C)C3. The lowest BCUT2D eigenvalue weighted by molar-refractivity contribution is 0.509. The van der Waals surface area contributed by atoms with Crippen LogP contribution in [-0.2, 0) is 12.8 Å². The van der Waals surface area contributed by atoms with Gasteiger partial charge in [-0.2, -0.15) is 0 Å². The second-order valence-corrected chi connectivity index (χ2v) is 7.86. The van der Waals surface area contributed by atoms with Crippen molar-refractivity contribution in [2.45, 2.75) is 33.1 Å². The molecule has 2 heterocycles. The number of aromatic nitrogens is 2. The smallest absolute Gasteiger partial charge is 0.142 e. The van der Waals surface area contributed by atoms with Gasteiger partial charge in [-0.15, -0.1) is 11.3 Å². The first-order chi connectivity index (χ1) is 11.1. The lowest BCUT2D eigenvalue weighted by Gasteiger charge is -2.18. The van der Waals surface area contributed by atoms with Crippen LogP contribution in [0.3, 0.4) is 0 Å². The van der Waals surface area contributed by atoms with Crippen molar-refractivity contribution < 1.29 is 0 Å². The average Bonchev–Trinajstić information content (AvgIpc) is 2.89. The molecule has 0 saturated carbocycles. The molecule has 23 heavy (non-hydrogen) atoms. The fourth-order valence-electron chi connectivity index (χ4n) is 3.23. The summed E-state index contributed by atoms with van der Waals surface area (Å²) in [6.07, 6.45) is 5.17. The number of fused-ring (bicyclic) bond motifs is 3. The Morgan fingerprint density at radius 2 is 2.17 bits per heavy atom. The molecule has 1 unspecified atom stereocenters. The van der Waals surface area contributed by atoms with Gasteiger partial charge in [0.2, 0.25) is 0 Å². The molecular formula is C18H18ClN3S. The highest BCUT2D eigenvalue weighted by atomic mass is 35.5. The number of rotatable bonds is 2. The van der Waals surface area contributed by atoms with Crippen molar-refractivity contribution in [3.05, 3.63) is 45.6 Å². The number of hydrogen-bond acceptors (Lipinski definition) is 4. The summed E-state index contributed by atoms with van der Waals surface area (Å²) in [4.78, 5) is 11.6. The maximum Gasteiger partial charge on any atom is 0.142 e. The van der Waals surface area contributed by atoms with E-state index in [1.165, 1.54) is 22.2 Å². The summed E-state index contributed by atoms with van der Waals surface area (Å²) in [5.41, 5.74) is 3.59. The molecular weight excluding hydrogens is 326 g/mol. The van der Waals surface area contributed by atoms with Crippen LogP contribution in [-0.4, -0.2) is 9.97 Å². The minimum Gasteiger partial charge on any atom is -0.339 e. The van der Waals surface area contributed by atoms with Crippen LogP contribution in [0.4, 0.5) is 11.5 Å². The number of nitrogens with one attached hydrogen (secondary N) is 1. The second-order valence-electron chi connectivity index (χ2n) is 6.34. The fraction of sp³-hybridized carbons (Fsp3) is 0.333. The number of hydrogen-bond donors (Lipinski definition) is 1. The van der Waals surface area contributed by atoms with E-state index in [-0.39, 0.29) is 0 Å². The summed E-state index contributed by atoms with van der Waals surface area (Å²) in [6, 6.07) is 5.88. The van der Waals surface area contributed by atoms with E-state index in [9.17, 15) is 0 Å². The first-order valence-corrected chi connectivity index (χ1v) is 9.09. The van der Waals surface area contributed by atoms with Gasteiger partial charge in [-0.3, -0.25) is 0 Å². The number of anilines is 2. The van der Waals surface area contributed by atoms with Crippen molar-refractivity contribution in [3.63, 3.8) is 0 Å². The summed E-state index contributed by atoms with van der Waals surface area (Å²) in [5, 5.41) is 5.39. The van der Waals surface area contributed by atoms with Crippen LogP contribution in [0.25, 0.3) is 10.2 Å². The number of nitrogens with zero attached hydrogens (tertiary/aromatic N) is 2. The number of benzene rings is 1. The van der Waals surface area contributed by atoms with Crippen molar-refractivity contribution >= 4 is 44.7 Å². The van der Waals surface area contributed by atoms with Crippen molar-refractivity contribution in [1.82, 2.24) is 9.97 Å². The molecule has 3 nitrogen and oxygen atoms in total. The Kier molecular flexibility index (Phi) is 3.74. The number of thiophene rings is 1. The van der Waals surface area contributed by atoms with Gasteiger partial charge in [-0.05, 0) is 55.4 Å². The molecule has 0 bridgehead atoms. The van der Waals surface area contributed by atoms with E-state index in [1.807, 2.05) is 29.5 Å². The third-order valence-electron chi connectivity index (χ3n) is 4.54. The Morgan fingerprint density at radius 3 is 3.04 bits per heavy atom. The van der Waals surface area contributed by atoms with Gasteiger partial charge in [0.15, 0.2) is 0 Å². The van der Waals surface area contributed by atoms with Gasteiger partial charge in [0.25, 0.3) is 0 Å². The lowest BCUT2D eigenvalue weighted by atomic mass is 9.89. The Balaban J connectivity index is 1.83. The number of halogens is 1. The number of aryl methyl sites for hydroxylation is 2. The summed E-state index contributed by atoms with van der Waals surface area (Å²) in [7, 11) is 0. The molecule has 1 atom stereocenters. The van der Waals surface area contributed by atoms with E-state index in [1.54, 1.807) is 6.33 Å². The van der Waals surface area contributed by atoms with Gasteiger partial charge < -0.3 is 5.32 Å². The predicted molar refractivity (Wildman–Crippen MR) is 98.1 cm³/mol. The second kappa shape index (κ2) is 5.77. The van der Waals surface area contributed by atoms with Crippen molar-refractivity contribution in [1.29, 1.82) is 0 Å². The van der Waals surface area contributed by atoms with Gasteiger partial charge in [0.1, 0.15) is 17.0 Å². The Bertz CT molecular complexity index is 887. The minimum absolute atomic E-state index is 0.726. The average molecular weight is 344 g/mol. The first kappa shape index (κ1) is 14.9. The summed E-state index contributed by atoms with van der Waals surface area (Å²) < 4.78 is 0. The molecule has 1 aromatic carbocycles. The van der Waals surface area contributed by atoms with Crippen LogP contribution in [0.5, 0.6) is 0 Å². The third kappa shape index (κ3) is 2.70. The molecule has 3 aromatic rings. The molecule has 5 heteroatoms. The molecule has 0 fully saturated rings. The molecule has 0 saturated heterocycles. The minimum atomic E-state index is 0.726. The monoisotopic (exact) mass is 343 g/mol. The van der Waals surface area contributed by atoms with Crippen molar-refractivity contribution in [3.8, 4) is 0 Å². The molecule has 4 rings (SSSR count). The summed E-state index contributed by atoms with van der Waals surface area (Å²) >= 11 is 7.96. The molecule has 0 amide bonds. The highest BCUT2D eigenvalue weighted by molar-refractivity contribution is 7.19. The van der Waals surface area contributed by atoms with Crippen LogP contribution in [0.2, 0.25) is 5.02 Å². The van der Waals surface area contributed by atoms with E-state index in [0.717, 1.165) is 45.7 Å². The molecule has 1 N–H and O–H groups in total. The van der Waals surface area contributed by atoms with Crippen LogP contribution in [0, 0.1) is 12.8 Å². The van der Waals surface area contributed by atoms with E-state index >= 15 is 0 Å².